The molecule has 1 heterocycles. The number of rotatable bonds is 2. The molecule has 2 aliphatic rings. The number of benzene rings is 1. The van der Waals surface area contributed by atoms with Gasteiger partial charge in [0.05, 0.1) is 23.8 Å². The summed E-state index contributed by atoms with van der Waals surface area (Å²) in [6, 6.07) is 4.05. The molecule has 1 aliphatic heterocycles. The summed E-state index contributed by atoms with van der Waals surface area (Å²) in [6.07, 6.45) is 1.68. The Morgan fingerprint density at radius 1 is 1.48 bits per heavy atom. The summed E-state index contributed by atoms with van der Waals surface area (Å²) in [5, 5.41) is -0.0421. The van der Waals surface area contributed by atoms with Crippen LogP contribution in [0.3, 0.4) is 0 Å². The maximum absolute atomic E-state index is 13.2. The molecule has 1 saturated heterocycles. The minimum atomic E-state index is -0.525. The van der Waals surface area contributed by atoms with Crippen molar-refractivity contribution in [3.63, 3.8) is 0 Å². The van der Waals surface area contributed by atoms with Crippen molar-refractivity contribution in [2.24, 2.45) is 0 Å². The van der Waals surface area contributed by atoms with Gasteiger partial charge in [0.25, 0.3) is 5.91 Å². The number of carbonyl (C=O) groups is 1. The molecule has 114 valence electrons. The summed E-state index contributed by atoms with van der Waals surface area (Å²) in [5.41, 5.74) is 0.390. The number of hydrogen-bond donors (Lipinski definition) is 0. The summed E-state index contributed by atoms with van der Waals surface area (Å²) in [4.78, 5) is 14.5. The number of nitrogens with zero attached hydrogens (tertiary/aromatic N) is 1. The monoisotopic (exact) mass is 313 g/mol. The van der Waals surface area contributed by atoms with Gasteiger partial charge in [-0.2, -0.15) is 0 Å². The van der Waals surface area contributed by atoms with E-state index in [1.165, 1.54) is 18.2 Å². The summed E-state index contributed by atoms with van der Waals surface area (Å²) in [5.74, 6) is -0.682. The lowest BCUT2D eigenvalue weighted by Gasteiger charge is -2.30. The van der Waals surface area contributed by atoms with Crippen LogP contribution in [0.2, 0.25) is 5.02 Å². The van der Waals surface area contributed by atoms with Crippen molar-refractivity contribution in [1.82, 2.24) is 4.90 Å². The first-order valence-electron chi connectivity index (χ1n) is 7.02. The van der Waals surface area contributed by atoms with Crippen LogP contribution in [0.4, 0.5) is 4.39 Å². The lowest BCUT2D eigenvalue weighted by Crippen LogP contribution is -2.46. The van der Waals surface area contributed by atoms with Gasteiger partial charge in [-0.3, -0.25) is 4.79 Å². The molecule has 2 bridgehead atoms. The molecule has 0 spiro atoms. The molecule has 0 radical (unpaired) electrons. The third-order valence-corrected chi connectivity index (χ3v) is 4.55. The van der Waals surface area contributed by atoms with Crippen LogP contribution >= 0.6 is 11.6 Å². The fourth-order valence-electron chi connectivity index (χ4n) is 3.25. The fourth-order valence-corrected chi connectivity index (χ4v) is 3.43. The second kappa shape index (κ2) is 5.91. The normalized spacial score (nSPS) is 28.5. The molecule has 3 atom stereocenters. The van der Waals surface area contributed by atoms with Crippen molar-refractivity contribution in [1.29, 1.82) is 0 Å². The fraction of sp³-hybridized carbons (Fsp3) is 0.533. The Hall–Kier alpha value is -1.17. The molecule has 0 unspecified atom stereocenters. The van der Waals surface area contributed by atoms with Crippen molar-refractivity contribution in [3.05, 3.63) is 34.6 Å². The SMILES string of the molecule is CO[C@H]1[C@H]2CC[C@H]1OCCN2C(=O)c1ccc(F)c(Cl)c1. The maximum atomic E-state index is 13.2. The highest BCUT2D eigenvalue weighted by atomic mass is 35.5. The zero-order valence-electron chi connectivity index (χ0n) is 11.7. The van der Waals surface area contributed by atoms with E-state index in [4.69, 9.17) is 21.1 Å². The minimum Gasteiger partial charge on any atom is -0.377 e. The lowest BCUT2D eigenvalue weighted by atomic mass is 10.1. The molecule has 4 nitrogen and oxygen atoms in total. The van der Waals surface area contributed by atoms with Crippen molar-refractivity contribution in [2.45, 2.75) is 31.1 Å². The minimum absolute atomic E-state index is 0.00108. The van der Waals surface area contributed by atoms with Crippen LogP contribution in [0.15, 0.2) is 18.2 Å². The quantitative estimate of drug-likeness (QED) is 0.842. The van der Waals surface area contributed by atoms with Crippen LogP contribution in [0, 0.1) is 5.82 Å². The predicted octanol–water partition coefficient (Wildman–Crippen LogP) is 2.50. The first kappa shape index (κ1) is 14.8. The standard InChI is InChI=1S/C15H17ClFNO3/c1-20-14-12-4-5-13(14)21-7-6-18(12)15(19)9-2-3-11(17)10(16)8-9/h2-3,8,12-14H,4-7H2,1H3/t12-,13-,14+/m1/s1. The molecule has 0 aromatic heterocycles. The van der Waals surface area contributed by atoms with Gasteiger partial charge in [-0.05, 0) is 31.0 Å². The second-order valence-corrected chi connectivity index (χ2v) is 5.79. The van der Waals surface area contributed by atoms with Gasteiger partial charge < -0.3 is 14.4 Å². The van der Waals surface area contributed by atoms with Gasteiger partial charge in [0.15, 0.2) is 0 Å². The Bertz CT molecular complexity index is 554. The van der Waals surface area contributed by atoms with Crippen LogP contribution in [-0.2, 0) is 9.47 Å². The van der Waals surface area contributed by atoms with Crippen LogP contribution in [-0.4, -0.2) is 49.3 Å². The molecule has 1 aliphatic carbocycles. The van der Waals surface area contributed by atoms with Gasteiger partial charge in [-0.25, -0.2) is 4.39 Å². The van der Waals surface area contributed by atoms with Crippen molar-refractivity contribution in [2.75, 3.05) is 20.3 Å². The Kier molecular flexibility index (Phi) is 4.15. The van der Waals surface area contributed by atoms with E-state index in [1.807, 2.05) is 0 Å². The number of carbonyl (C=O) groups excluding carboxylic acids is 1. The van der Waals surface area contributed by atoms with Gasteiger partial charge >= 0.3 is 0 Å². The van der Waals surface area contributed by atoms with E-state index in [0.717, 1.165) is 12.8 Å². The van der Waals surface area contributed by atoms with E-state index >= 15 is 0 Å². The molecule has 3 rings (SSSR count). The highest BCUT2D eigenvalue weighted by molar-refractivity contribution is 6.31. The van der Waals surface area contributed by atoms with E-state index < -0.39 is 5.82 Å². The smallest absolute Gasteiger partial charge is 0.254 e. The molecular formula is C15H17ClFNO3. The Morgan fingerprint density at radius 3 is 3.00 bits per heavy atom. The van der Waals surface area contributed by atoms with E-state index in [1.54, 1.807) is 12.0 Å². The largest absolute Gasteiger partial charge is 0.377 e. The summed E-state index contributed by atoms with van der Waals surface area (Å²) < 4.78 is 24.5. The van der Waals surface area contributed by atoms with Gasteiger partial charge in [-0.15, -0.1) is 0 Å². The Morgan fingerprint density at radius 2 is 2.29 bits per heavy atom. The van der Waals surface area contributed by atoms with E-state index in [0.29, 0.717) is 18.7 Å². The van der Waals surface area contributed by atoms with Crippen LogP contribution in [0.5, 0.6) is 0 Å². The van der Waals surface area contributed by atoms with Crippen molar-refractivity contribution >= 4 is 17.5 Å². The summed E-state index contributed by atoms with van der Waals surface area (Å²) in [7, 11) is 1.64. The van der Waals surface area contributed by atoms with Gasteiger partial charge in [0.2, 0.25) is 0 Å². The molecule has 1 saturated carbocycles. The number of amides is 1. The third-order valence-electron chi connectivity index (χ3n) is 4.26. The topological polar surface area (TPSA) is 38.8 Å². The van der Waals surface area contributed by atoms with Gasteiger partial charge in [0, 0.05) is 19.2 Å². The molecule has 6 heteroatoms. The summed E-state index contributed by atoms with van der Waals surface area (Å²) >= 11 is 5.77. The lowest BCUT2D eigenvalue weighted by molar-refractivity contribution is -0.0316. The number of ether oxygens (including phenoxy) is 2. The number of fused-ring (bicyclic) bond motifs is 2. The number of methoxy groups -OCH3 is 1. The van der Waals surface area contributed by atoms with Crippen LogP contribution in [0.25, 0.3) is 0 Å². The first-order valence-corrected chi connectivity index (χ1v) is 7.40. The third kappa shape index (κ3) is 2.65. The Balaban J connectivity index is 1.87. The molecule has 0 N–H and O–H groups in total. The highest BCUT2D eigenvalue weighted by Crippen LogP contribution is 2.32. The second-order valence-electron chi connectivity index (χ2n) is 5.38. The maximum Gasteiger partial charge on any atom is 0.254 e. The van der Waals surface area contributed by atoms with Crippen molar-refractivity contribution < 1.29 is 18.7 Å². The van der Waals surface area contributed by atoms with Gasteiger partial charge in [-0.1, -0.05) is 11.6 Å². The van der Waals surface area contributed by atoms with E-state index in [-0.39, 0.29) is 29.2 Å². The number of hydrogen-bond acceptors (Lipinski definition) is 3. The molecule has 1 amide bonds. The van der Waals surface area contributed by atoms with Crippen LogP contribution in [0.1, 0.15) is 23.2 Å². The zero-order chi connectivity index (χ0) is 15.0. The molecular weight excluding hydrogens is 297 g/mol. The average molecular weight is 314 g/mol. The van der Waals surface area contributed by atoms with E-state index in [2.05, 4.69) is 0 Å². The molecule has 1 aromatic carbocycles. The number of halogens is 2. The summed E-state index contributed by atoms with van der Waals surface area (Å²) in [6.45, 7) is 0.997. The Labute approximate surface area is 127 Å². The highest BCUT2D eigenvalue weighted by Gasteiger charge is 2.44. The van der Waals surface area contributed by atoms with Crippen molar-refractivity contribution in [3.8, 4) is 0 Å². The molecule has 21 heavy (non-hydrogen) atoms. The van der Waals surface area contributed by atoms with Crippen LogP contribution < -0.4 is 0 Å². The first-order chi connectivity index (χ1) is 10.1. The molecule has 1 aromatic rings. The van der Waals surface area contributed by atoms with Gasteiger partial charge in [0.1, 0.15) is 11.9 Å². The van der Waals surface area contributed by atoms with E-state index in [9.17, 15) is 9.18 Å². The average Bonchev–Trinajstić information content (AvgIpc) is 2.77. The molecule has 2 fully saturated rings. The zero-order valence-corrected chi connectivity index (χ0v) is 12.5. The predicted molar refractivity (Wildman–Crippen MR) is 76.0 cm³/mol.